The molecule has 1 N–H and O–H groups in total. The zero-order valence-corrected chi connectivity index (χ0v) is 15.3. The van der Waals surface area contributed by atoms with Crippen LogP contribution in [-0.2, 0) is 17.6 Å². The summed E-state index contributed by atoms with van der Waals surface area (Å²) < 4.78 is 7.37. The highest BCUT2D eigenvalue weighted by Gasteiger charge is 2.32. The first-order valence-electron chi connectivity index (χ1n) is 9.51. The van der Waals surface area contributed by atoms with Crippen molar-refractivity contribution >= 4 is 16.6 Å². The Morgan fingerprint density at radius 3 is 3.00 bits per heavy atom. The maximum atomic E-state index is 12.6. The van der Waals surface area contributed by atoms with E-state index < -0.39 is 0 Å². The van der Waals surface area contributed by atoms with Crippen molar-refractivity contribution in [3.63, 3.8) is 0 Å². The molecular weight excluding hydrogens is 340 g/mol. The zero-order valence-electron chi connectivity index (χ0n) is 15.3. The molecular formula is C21H22N4O2. The van der Waals surface area contributed by atoms with Crippen LogP contribution < -0.4 is 10.9 Å². The third-order valence-electron chi connectivity index (χ3n) is 5.53. The molecule has 27 heavy (non-hydrogen) atoms. The predicted molar refractivity (Wildman–Crippen MR) is 104 cm³/mol. The summed E-state index contributed by atoms with van der Waals surface area (Å²) in [7, 11) is 0. The number of hydrogen-bond donors (Lipinski definition) is 1. The van der Waals surface area contributed by atoms with Crippen molar-refractivity contribution < 1.29 is 4.74 Å². The van der Waals surface area contributed by atoms with Crippen LogP contribution in [0.15, 0.2) is 41.2 Å². The van der Waals surface area contributed by atoms with Gasteiger partial charge < -0.3 is 10.1 Å². The van der Waals surface area contributed by atoms with Gasteiger partial charge in [0, 0.05) is 22.8 Å². The monoisotopic (exact) mass is 362 g/mol. The largest absolute Gasteiger partial charge is 0.377 e. The molecule has 2 aliphatic rings. The molecule has 3 heterocycles. The fraction of sp³-hybridized carbons (Fsp3) is 0.381. The maximum Gasteiger partial charge on any atom is 0.267 e. The van der Waals surface area contributed by atoms with Crippen LogP contribution in [0.1, 0.15) is 29.4 Å². The number of para-hydroxylation sites is 1. The molecule has 2 unspecified atom stereocenters. The van der Waals surface area contributed by atoms with Gasteiger partial charge in [0.1, 0.15) is 6.04 Å². The van der Waals surface area contributed by atoms with Crippen molar-refractivity contribution in [3.05, 3.63) is 63.7 Å². The number of ether oxygens (including phenoxy) is 1. The van der Waals surface area contributed by atoms with E-state index in [1.165, 1.54) is 0 Å². The Morgan fingerprint density at radius 2 is 2.07 bits per heavy atom. The van der Waals surface area contributed by atoms with Crippen molar-refractivity contribution in [2.24, 2.45) is 0 Å². The Morgan fingerprint density at radius 1 is 1.19 bits per heavy atom. The van der Waals surface area contributed by atoms with Crippen LogP contribution in [0.4, 0.5) is 5.69 Å². The molecule has 1 aliphatic heterocycles. The SMILES string of the molecule is Cc1cc(NC2COCC2n2nc3c(cc2=O)CCC3)c2ccccc2n1. The number of nitrogens with zero attached hydrogens (tertiary/aromatic N) is 3. The lowest BCUT2D eigenvalue weighted by atomic mass is 10.1. The summed E-state index contributed by atoms with van der Waals surface area (Å²) in [5, 5.41) is 9.35. The van der Waals surface area contributed by atoms with E-state index in [0.717, 1.165) is 52.8 Å². The summed E-state index contributed by atoms with van der Waals surface area (Å²) in [6.45, 7) is 3.03. The molecule has 2 atom stereocenters. The molecule has 1 aromatic carbocycles. The maximum absolute atomic E-state index is 12.6. The molecule has 6 nitrogen and oxygen atoms in total. The molecule has 1 aliphatic carbocycles. The number of aryl methyl sites for hydroxylation is 3. The highest BCUT2D eigenvalue weighted by atomic mass is 16.5. The smallest absolute Gasteiger partial charge is 0.267 e. The number of hydrogen-bond acceptors (Lipinski definition) is 5. The molecule has 0 amide bonds. The second-order valence-corrected chi connectivity index (χ2v) is 7.44. The summed E-state index contributed by atoms with van der Waals surface area (Å²) in [5.41, 5.74) is 5.07. The van der Waals surface area contributed by atoms with E-state index in [9.17, 15) is 4.79 Å². The summed E-state index contributed by atoms with van der Waals surface area (Å²) in [4.78, 5) is 17.2. The van der Waals surface area contributed by atoms with Gasteiger partial charge in [-0.3, -0.25) is 9.78 Å². The van der Waals surface area contributed by atoms with Crippen LogP contribution >= 0.6 is 0 Å². The fourth-order valence-electron chi connectivity index (χ4n) is 4.20. The van der Waals surface area contributed by atoms with Crippen LogP contribution in [0.25, 0.3) is 10.9 Å². The summed E-state index contributed by atoms with van der Waals surface area (Å²) in [5.74, 6) is 0. The Kier molecular flexibility index (Phi) is 3.93. The number of anilines is 1. The topological polar surface area (TPSA) is 69.0 Å². The van der Waals surface area contributed by atoms with Crippen LogP contribution in [0.3, 0.4) is 0 Å². The Balaban J connectivity index is 1.51. The fourth-order valence-corrected chi connectivity index (χ4v) is 4.20. The Labute approximate surface area is 157 Å². The number of pyridine rings is 1. The Bertz CT molecular complexity index is 1080. The van der Waals surface area contributed by atoms with Gasteiger partial charge in [-0.1, -0.05) is 18.2 Å². The van der Waals surface area contributed by atoms with E-state index in [1.54, 1.807) is 10.7 Å². The van der Waals surface area contributed by atoms with Gasteiger partial charge >= 0.3 is 0 Å². The van der Waals surface area contributed by atoms with Crippen molar-refractivity contribution in [2.45, 2.75) is 38.3 Å². The van der Waals surface area contributed by atoms with Crippen LogP contribution in [0, 0.1) is 6.92 Å². The second kappa shape index (κ2) is 6.46. The summed E-state index contributed by atoms with van der Waals surface area (Å²) >= 11 is 0. The second-order valence-electron chi connectivity index (χ2n) is 7.44. The summed E-state index contributed by atoms with van der Waals surface area (Å²) in [6, 6.07) is 11.8. The molecule has 6 heteroatoms. The lowest BCUT2D eigenvalue weighted by Gasteiger charge is -2.22. The highest BCUT2D eigenvalue weighted by molar-refractivity contribution is 5.91. The number of aromatic nitrogens is 3. The van der Waals surface area contributed by atoms with Gasteiger partial charge in [0.25, 0.3) is 5.56 Å². The van der Waals surface area contributed by atoms with E-state index in [2.05, 4.69) is 27.5 Å². The minimum atomic E-state index is -0.115. The number of benzene rings is 1. The van der Waals surface area contributed by atoms with Gasteiger partial charge in [0.05, 0.1) is 30.5 Å². The summed E-state index contributed by atoms with van der Waals surface area (Å²) in [6.07, 6.45) is 3.00. The molecule has 138 valence electrons. The van der Waals surface area contributed by atoms with Crippen LogP contribution in [0.5, 0.6) is 0 Å². The van der Waals surface area contributed by atoms with Gasteiger partial charge in [-0.15, -0.1) is 0 Å². The lowest BCUT2D eigenvalue weighted by Crippen LogP contribution is -2.37. The first-order chi connectivity index (χ1) is 13.2. The normalized spacial score (nSPS) is 21.5. The highest BCUT2D eigenvalue weighted by Crippen LogP contribution is 2.28. The van der Waals surface area contributed by atoms with Gasteiger partial charge in [0.2, 0.25) is 0 Å². The first kappa shape index (κ1) is 16.4. The average Bonchev–Trinajstić information content (AvgIpc) is 3.29. The van der Waals surface area contributed by atoms with Crippen molar-refractivity contribution in [1.29, 1.82) is 0 Å². The molecule has 0 saturated carbocycles. The molecule has 0 radical (unpaired) electrons. The van der Waals surface area contributed by atoms with E-state index in [0.29, 0.717) is 13.2 Å². The molecule has 3 aromatic rings. The molecule has 2 aromatic heterocycles. The van der Waals surface area contributed by atoms with Gasteiger partial charge in [0.15, 0.2) is 0 Å². The molecule has 5 rings (SSSR count). The molecule has 0 bridgehead atoms. The average molecular weight is 362 g/mol. The van der Waals surface area contributed by atoms with E-state index in [4.69, 9.17) is 4.74 Å². The van der Waals surface area contributed by atoms with Crippen molar-refractivity contribution in [2.75, 3.05) is 18.5 Å². The van der Waals surface area contributed by atoms with Gasteiger partial charge in [-0.2, -0.15) is 5.10 Å². The predicted octanol–water partition coefficient (Wildman–Crippen LogP) is 2.64. The third kappa shape index (κ3) is 2.90. The van der Waals surface area contributed by atoms with Crippen LogP contribution in [0.2, 0.25) is 0 Å². The van der Waals surface area contributed by atoms with E-state index in [-0.39, 0.29) is 17.6 Å². The quantitative estimate of drug-likeness (QED) is 0.776. The number of rotatable bonds is 3. The zero-order chi connectivity index (χ0) is 18.4. The number of fused-ring (bicyclic) bond motifs is 2. The number of nitrogens with one attached hydrogen (secondary N) is 1. The van der Waals surface area contributed by atoms with Crippen molar-refractivity contribution in [1.82, 2.24) is 14.8 Å². The molecule has 0 spiro atoms. The van der Waals surface area contributed by atoms with Gasteiger partial charge in [-0.25, -0.2) is 4.68 Å². The third-order valence-corrected chi connectivity index (χ3v) is 5.53. The van der Waals surface area contributed by atoms with E-state index >= 15 is 0 Å². The molecule has 1 fully saturated rings. The minimum absolute atomic E-state index is 0.0140. The lowest BCUT2D eigenvalue weighted by molar-refractivity contribution is 0.182. The van der Waals surface area contributed by atoms with Crippen molar-refractivity contribution in [3.8, 4) is 0 Å². The standard InChI is InChI=1S/C21H22N4O2/c1-13-9-18(15-6-2-3-7-17(15)22-13)23-19-11-27-12-20(19)25-21(26)10-14-5-4-8-16(14)24-25/h2-3,6-7,9-10,19-20H,4-5,8,11-12H2,1H3,(H,22,23). The minimum Gasteiger partial charge on any atom is -0.377 e. The van der Waals surface area contributed by atoms with Gasteiger partial charge in [-0.05, 0) is 43.9 Å². The van der Waals surface area contributed by atoms with E-state index in [1.807, 2.05) is 25.1 Å². The Hall–Kier alpha value is -2.73. The first-order valence-corrected chi connectivity index (χ1v) is 9.51. The molecule has 1 saturated heterocycles. The van der Waals surface area contributed by atoms with Crippen LogP contribution in [-0.4, -0.2) is 34.0 Å².